The molecule has 8 heteroatoms. The third-order valence-electron chi connectivity index (χ3n) is 4.60. The number of carbonyl (C=O) groups is 1. The van der Waals surface area contributed by atoms with Crippen molar-refractivity contribution in [2.24, 2.45) is 0 Å². The van der Waals surface area contributed by atoms with Crippen molar-refractivity contribution < 1.29 is 17.9 Å². The van der Waals surface area contributed by atoms with E-state index in [4.69, 9.17) is 0 Å². The normalized spacial score (nSPS) is 12.5. The summed E-state index contributed by atoms with van der Waals surface area (Å²) in [6, 6.07) is 13.5. The van der Waals surface area contributed by atoms with Crippen LogP contribution >= 0.6 is 0 Å². The van der Waals surface area contributed by atoms with E-state index in [1.807, 2.05) is 37.3 Å². The van der Waals surface area contributed by atoms with Gasteiger partial charge in [-0.3, -0.25) is 0 Å². The van der Waals surface area contributed by atoms with Crippen molar-refractivity contribution in [2.75, 3.05) is 7.11 Å². The van der Waals surface area contributed by atoms with Crippen LogP contribution in [0.2, 0.25) is 0 Å². The van der Waals surface area contributed by atoms with Gasteiger partial charge in [0.15, 0.2) is 0 Å². The van der Waals surface area contributed by atoms with Gasteiger partial charge in [0, 0.05) is 0 Å². The third kappa shape index (κ3) is 4.55. The van der Waals surface area contributed by atoms with Gasteiger partial charge in [0.1, 0.15) is 5.82 Å². The first-order chi connectivity index (χ1) is 13.9. The van der Waals surface area contributed by atoms with Crippen molar-refractivity contribution in [1.82, 2.24) is 14.7 Å². The first-order valence-electron chi connectivity index (χ1n) is 9.17. The Balaban J connectivity index is 1.85. The molecule has 0 fully saturated rings. The summed E-state index contributed by atoms with van der Waals surface area (Å²) in [5.74, 6) is 0.0271. The number of hydrogen-bond donors (Lipinski definition) is 2. The molecule has 152 valence electrons. The maximum Gasteiger partial charge on any atom is 0.337 e. The zero-order chi connectivity index (χ0) is 21.0. The first-order valence-corrected chi connectivity index (χ1v) is 10.7. The quantitative estimate of drug-likeness (QED) is 0.576. The summed E-state index contributed by atoms with van der Waals surface area (Å²) in [4.78, 5) is 19.3. The molecule has 29 heavy (non-hydrogen) atoms. The molecule has 1 unspecified atom stereocenters. The Labute approximate surface area is 170 Å². The molecule has 0 radical (unpaired) electrons. The highest BCUT2D eigenvalue weighted by Crippen LogP contribution is 2.24. The number of aromatic nitrogens is 2. The Hall–Kier alpha value is -2.97. The Kier molecular flexibility index (Phi) is 6.14. The second-order valence-corrected chi connectivity index (χ2v) is 8.28. The molecule has 0 aliphatic heterocycles. The Morgan fingerprint density at radius 2 is 1.93 bits per heavy atom. The zero-order valence-corrected chi connectivity index (χ0v) is 17.3. The molecule has 0 aliphatic rings. The van der Waals surface area contributed by atoms with Crippen molar-refractivity contribution in [3.05, 3.63) is 71.7 Å². The summed E-state index contributed by atoms with van der Waals surface area (Å²) in [5, 5.41) is 0. The van der Waals surface area contributed by atoms with E-state index in [2.05, 4.69) is 19.4 Å². The van der Waals surface area contributed by atoms with E-state index < -0.39 is 22.0 Å². The van der Waals surface area contributed by atoms with E-state index in [0.29, 0.717) is 23.4 Å². The lowest BCUT2D eigenvalue weighted by molar-refractivity contribution is 0.0600. The predicted octanol–water partition coefficient (Wildman–Crippen LogP) is 3.60. The molecule has 0 saturated heterocycles. The number of benzene rings is 2. The number of rotatable bonds is 7. The highest BCUT2D eigenvalue weighted by Gasteiger charge is 2.24. The van der Waals surface area contributed by atoms with Crippen LogP contribution in [0.15, 0.2) is 59.6 Å². The number of imidazole rings is 1. The van der Waals surface area contributed by atoms with Crippen molar-refractivity contribution in [1.29, 1.82) is 0 Å². The van der Waals surface area contributed by atoms with Crippen LogP contribution in [0.5, 0.6) is 0 Å². The van der Waals surface area contributed by atoms with Gasteiger partial charge in [0.2, 0.25) is 10.0 Å². The number of hydrogen-bond acceptors (Lipinski definition) is 5. The van der Waals surface area contributed by atoms with Gasteiger partial charge < -0.3 is 9.72 Å². The van der Waals surface area contributed by atoms with E-state index in [0.717, 1.165) is 11.3 Å². The monoisotopic (exact) mass is 413 g/mol. The molecule has 0 spiro atoms. The summed E-state index contributed by atoms with van der Waals surface area (Å²) >= 11 is 0. The fourth-order valence-corrected chi connectivity index (χ4v) is 4.57. The summed E-state index contributed by atoms with van der Waals surface area (Å²) in [6.07, 6.45) is 2.21. The average Bonchev–Trinajstić information content (AvgIpc) is 3.22. The maximum atomic E-state index is 13.0. The zero-order valence-electron chi connectivity index (χ0n) is 16.5. The molecule has 0 amide bonds. The summed E-state index contributed by atoms with van der Waals surface area (Å²) in [6.45, 7) is 3.52. The van der Waals surface area contributed by atoms with Crippen molar-refractivity contribution in [3.63, 3.8) is 0 Å². The van der Waals surface area contributed by atoms with Gasteiger partial charge in [-0.2, -0.15) is 0 Å². The fraction of sp³-hybridized carbons (Fsp3) is 0.238. The number of aryl methyl sites for hydroxylation is 1. The van der Waals surface area contributed by atoms with Crippen LogP contribution in [0.1, 0.15) is 41.1 Å². The SMILES string of the molecule is CCC(NS(=O)(=O)c1ccc(C(=O)OC)cc1C)c1ncc(-c2ccccc2)[nH]1. The largest absolute Gasteiger partial charge is 0.465 e. The summed E-state index contributed by atoms with van der Waals surface area (Å²) in [5.41, 5.74) is 2.55. The summed E-state index contributed by atoms with van der Waals surface area (Å²) < 4.78 is 33.3. The molecule has 3 rings (SSSR count). The lowest BCUT2D eigenvalue weighted by Gasteiger charge is -2.16. The molecule has 3 aromatic rings. The van der Waals surface area contributed by atoms with Crippen LogP contribution in [-0.4, -0.2) is 31.5 Å². The van der Waals surface area contributed by atoms with Gasteiger partial charge >= 0.3 is 5.97 Å². The van der Waals surface area contributed by atoms with E-state index >= 15 is 0 Å². The third-order valence-corrected chi connectivity index (χ3v) is 6.23. The molecule has 2 N–H and O–H groups in total. The molecule has 0 aliphatic carbocycles. The van der Waals surface area contributed by atoms with Crippen LogP contribution in [0, 0.1) is 6.92 Å². The smallest absolute Gasteiger partial charge is 0.337 e. The van der Waals surface area contributed by atoms with Crippen molar-refractivity contribution >= 4 is 16.0 Å². The molecule has 7 nitrogen and oxygen atoms in total. The number of carbonyl (C=O) groups excluding carboxylic acids is 1. The summed E-state index contributed by atoms with van der Waals surface area (Å²) in [7, 11) is -2.54. The lowest BCUT2D eigenvalue weighted by Crippen LogP contribution is -2.29. The Bertz CT molecular complexity index is 1110. The van der Waals surface area contributed by atoms with Gasteiger partial charge in [-0.05, 0) is 42.7 Å². The second-order valence-electron chi connectivity index (χ2n) is 6.60. The number of H-pyrrole nitrogens is 1. The molecular weight excluding hydrogens is 390 g/mol. The number of methoxy groups -OCH3 is 1. The van der Waals surface area contributed by atoms with Gasteiger partial charge in [-0.1, -0.05) is 37.3 Å². The molecule has 0 saturated carbocycles. The van der Waals surface area contributed by atoms with E-state index in [1.165, 1.54) is 25.3 Å². The number of ether oxygens (including phenoxy) is 1. The topological polar surface area (TPSA) is 101 Å². The van der Waals surface area contributed by atoms with E-state index in [-0.39, 0.29) is 4.90 Å². The molecule has 1 atom stereocenters. The second kappa shape index (κ2) is 8.59. The van der Waals surface area contributed by atoms with E-state index in [1.54, 1.807) is 13.1 Å². The Morgan fingerprint density at radius 1 is 1.21 bits per heavy atom. The first kappa shape index (κ1) is 20.8. The van der Waals surface area contributed by atoms with Gasteiger partial charge in [-0.25, -0.2) is 22.9 Å². The highest BCUT2D eigenvalue weighted by molar-refractivity contribution is 7.89. The number of aromatic amines is 1. The lowest BCUT2D eigenvalue weighted by atomic mass is 10.1. The molecule has 0 bridgehead atoms. The number of nitrogens with one attached hydrogen (secondary N) is 2. The Morgan fingerprint density at radius 3 is 2.55 bits per heavy atom. The predicted molar refractivity (Wildman–Crippen MR) is 110 cm³/mol. The molecule has 1 aromatic heterocycles. The maximum absolute atomic E-state index is 13.0. The molecule has 2 aromatic carbocycles. The van der Waals surface area contributed by atoms with Crippen LogP contribution in [0.3, 0.4) is 0 Å². The number of esters is 1. The van der Waals surface area contributed by atoms with E-state index in [9.17, 15) is 13.2 Å². The minimum Gasteiger partial charge on any atom is -0.465 e. The molecular formula is C21H23N3O4S. The van der Waals surface area contributed by atoms with Crippen LogP contribution in [0.4, 0.5) is 0 Å². The molecule has 1 heterocycles. The number of nitrogens with zero attached hydrogens (tertiary/aromatic N) is 1. The minimum atomic E-state index is -3.82. The van der Waals surface area contributed by atoms with Crippen LogP contribution < -0.4 is 4.72 Å². The van der Waals surface area contributed by atoms with Crippen molar-refractivity contribution in [3.8, 4) is 11.3 Å². The van der Waals surface area contributed by atoms with Crippen molar-refractivity contribution in [2.45, 2.75) is 31.2 Å². The average molecular weight is 413 g/mol. The fourth-order valence-electron chi connectivity index (χ4n) is 3.06. The van der Waals surface area contributed by atoms with Gasteiger partial charge in [-0.15, -0.1) is 0 Å². The minimum absolute atomic E-state index is 0.110. The number of sulfonamides is 1. The highest BCUT2D eigenvalue weighted by atomic mass is 32.2. The van der Waals surface area contributed by atoms with Crippen LogP contribution in [0.25, 0.3) is 11.3 Å². The standard InChI is InChI=1S/C21H23N3O4S/c1-4-17(20-22-13-18(23-20)15-8-6-5-7-9-15)24-29(26,27)19-11-10-16(12-14(19)2)21(25)28-3/h5-13,17,24H,4H2,1-3H3,(H,22,23). The van der Waals surface area contributed by atoms with Gasteiger partial charge in [0.25, 0.3) is 0 Å². The van der Waals surface area contributed by atoms with Crippen LogP contribution in [-0.2, 0) is 14.8 Å². The van der Waals surface area contributed by atoms with Gasteiger partial charge in [0.05, 0.1) is 35.5 Å².